The molecule has 2 aromatic rings. The van der Waals surface area contributed by atoms with E-state index in [0.717, 1.165) is 37.4 Å². The van der Waals surface area contributed by atoms with Crippen LogP contribution < -0.4 is 10.2 Å². The highest BCUT2D eigenvalue weighted by molar-refractivity contribution is 8.00. The molecule has 1 fully saturated rings. The minimum absolute atomic E-state index is 0.0774. The molecule has 1 N–H and O–H groups in total. The molecule has 0 aliphatic carbocycles. The summed E-state index contributed by atoms with van der Waals surface area (Å²) in [5, 5.41) is 2.86. The SMILES string of the molecule is Cc1ccc(NC(=O)CSCC(=O)N2CCN(c3cccc(C)c3C)CC2)cc1. The van der Waals surface area contributed by atoms with E-state index < -0.39 is 0 Å². The molecule has 1 saturated heterocycles. The van der Waals surface area contributed by atoms with Gasteiger partial charge in [0.15, 0.2) is 0 Å². The predicted molar refractivity (Wildman–Crippen MR) is 122 cm³/mol. The van der Waals surface area contributed by atoms with Crippen molar-refractivity contribution in [1.29, 1.82) is 0 Å². The van der Waals surface area contributed by atoms with Crippen LogP contribution >= 0.6 is 11.8 Å². The van der Waals surface area contributed by atoms with Gasteiger partial charge in [0.1, 0.15) is 0 Å². The van der Waals surface area contributed by atoms with Crippen LogP contribution in [0.1, 0.15) is 16.7 Å². The van der Waals surface area contributed by atoms with Crippen LogP contribution in [0.25, 0.3) is 0 Å². The summed E-state index contributed by atoms with van der Waals surface area (Å²) in [7, 11) is 0. The Kier molecular flexibility index (Phi) is 7.20. The maximum atomic E-state index is 12.5. The molecule has 29 heavy (non-hydrogen) atoms. The minimum Gasteiger partial charge on any atom is -0.368 e. The van der Waals surface area contributed by atoms with Gasteiger partial charge in [0, 0.05) is 37.6 Å². The third-order valence-corrected chi connectivity index (χ3v) is 6.26. The van der Waals surface area contributed by atoms with Crippen molar-refractivity contribution in [3.8, 4) is 0 Å². The molecule has 0 unspecified atom stereocenters. The Morgan fingerprint density at radius 1 is 0.931 bits per heavy atom. The second kappa shape index (κ2) is 9.83. The number of thioether (sulfide) groups is 1. The number of aryl methyl sites for hydroxylation is 2. The molecule has 1 aliphatic rings. The number of benzene rings is 2. The zero-order valence-electron chi connectivity index (χ0n) is 17.4. The van der Waals surface area contributed by atoms with E-state index in [1.807, 2.05) is 36.1 Å². The van der Waals surface area contributed by atoms with Crippen molar-refractivity contribution in [2.24, 2.45) is 0 Å². The van der Waals surface area contributed by atoms with Crippen LogP contribution in [0.4, 0.5) is 11.4 Å². The highest BCUT2D eigenvalue weighted by atomic mass is 32.2. The van der Waals surface area contributed by atoms with Crippen LogP contribution in [0.3, 0.4) is 0 Å². The molecule has 3 rings (SSSR count). The van der Waals surface area contributed by atoms with E-state index in [9.17, 15) is 9.59 Å². The molecule has 0 aromatic heterocycles. The number of amides is 2. The molecule has 0 spiro atoms. The molecule has 6 heteroatoms. The number of nitrogens with one attached hydrogen (secondary N) is 1. The molecular formula is C23H29N3O2S. The summed E-state index contributed by atoms with van der Waals surface area (Å²) in [6.45, 7) is 9.42. The van der Waals surface area contributed by atoms with Gasteiger partial charge in [-0.15, -0.1) is 11.8 Å². The molecule has 154 valence electrons. The standard InChI is InChI=1S/C23H29N3O2S/c1-17-7-9-20(10-8-17)24-22(27)15-29-16-23(28)26-13-11-25(12-14-26)21-6-4-5-18(2)19(21)3/h4-10H,11-16H2,1-3H3,(H,24,27). The lowest BCUT2D eigenvalue weighted by molar-refractivity contribution is -0.128. The van der Waals surface area contributed by atoms with Gasteiger partial charge in [-0.2, -0.15) is 0 Å². The summed E-state index contributed by atoms with van der Waals surface area (Å²) in [4.78, 5) is 28.8. The van der Waals surface area contributed by atoms with Crippen molar-refractivity contribution >= 4 is 35.0 Å². The second-order valence-electron chi connectivity index (χ2n) is 7.49. The lowest BCUT2D eigenvalue weighted by atomic mass is 10.1. The molecule has 0 saturated carbocycles. The largest absolute Gasteiger partial charge is 0.368 e. The normalized spacial score (nSPS) is 14.0. The molecule has 5 nitrogen and oxygen atoms in total. The van der Waals surface area contributed by atoms with Crippen LogP contribution in [-0.4, -0.2) is 54.4 Å². The maximum Gasteiger partial charge on any atom is 0.234 e. The van der Waals surface area contributed by atoms with Gasteiger partial charge in [-0.3, -0.25) is 9.59 Å². The molecule has 0 atom stereocenters. The summed E-state index contributed by atoms with van der Waals surface area (Å²) in [5.41, 5.74) is 5.80. The Balaban J connectivity index is 1.40. The first kappa shape index (κ1) is 21.2. The number of carbonyl (C=O) groups is 2. The highest BCUT2D eigenvalue weighted by Crippen LogP contribution is 2.24. The Morgan fingerprint density at radius 2 is 1.62 bits per heavy atom. The fraction of sp³-hybridized carbons (Fsp3) is 0.391. The average molecular weight is 412 g/mol. The fourth-order valence-corrected chi connectivity index (χ4v) is 4.15. The van der Waals surface area contributed by atoms with Crippen LogP contribution in [0.2, 0.25) is 0 Å². The van der Waals surface area contributed by atoms with E-state index >= 15 is 0 Å². The molecule has 2 amide bonds. The van der Waals surface area contributed by atoms with E-state index in [1.165, 1.54) is 28.6 Å². The lowest BCUT2D eigenvalue weighted by Crippen LogP contribution is -2.49. The van der Waals surface area contributed by atoms with Crippen LogP contribution in [0.15, 0.2) is 42.5 Å². The van der Waals surface area contributed by atoms with Crippen molar-refractivity contribution in [2.45, 2.75) is 20.8 Å². The Labute approximate surface area is 177 Å². The number of hydrogen-bond donors (Lipinski definition) is 1. The molecule has 0 radical (unpaired) electrons. The molecule has 2 aromatic carbocycles. The summed E-state index contributed by atoms with van der Waals surface area (Å²) in [6.07, 6.45) is 0. The van der Waals surface area contributed by atoms with Gasteiger partial charge >= 0.3 is 0 Å². The Morgan fingerprint density at radius 3 is 2.31 bits per heavy atom. The van der Waals surface area contributed by atoms with E-state index in [0.29, 0.717) is 5.75 Å². The number of rotatable bonds is 6. The van der Waals surface area contributed by atoms with Gasteiger partial charge in [0.05, 0.1) is 11.5 Å². The van der Waals surface area contributed by atoms with Crippen molar-refractivity contribution in [3.63, 3.8) is 0 Å². The van der Waals surface area contributed by atoms with E-state index in [1.54, 1.807) is 0 Å². The Bertz CT molecular complexity index is 859. The zero-order chi connectivity index (χ0) is 20.8. The minimum atomic E-state index is -0.0774. The van der Waals surface area contributed by atoms with Crippen molar-refractivity contribution in [1.82, 2.24) is 4.90 Å². The maximum absolute atomic E-state index is 12.5. The topological polar surface area (TPSA) is 52.7 Å². The Hall–Kier alpha value is -2.47. The second-order valence-corrected chi connectivity index (χ2v) is 8.48. The number of anilines is 2. The summed E-state index contributed by atoms with van der Waals surface area (Å²) in [5.74, 6) is 0.650. The highest BCUT2D eigenvalue weighted by Gasteiger charge is 2.22. The quantitative estimate of drug-likeness (QED) is 0.789. The average Bonchev–Trinajstić information content (AvgIpc) is 2.72. The van der Waals surface area contributed by atoms with Gasteiger partial charge in [-0.05, 0) is 50.1 Å². The van der Waals surface area contributed by atoms with Gasteiger partial charge < -0.3 is 15.1 Å². The summed E-state index contributed by atoms with van der Waals surface area (Å²) < 4.78 is 0. The van der Waals surface area contributed by atoms with Gasteiger partial charge in [-0.25, -0.2) is 0 Å². The smallest absolute Gasteiger partial charge is 0.234 e. The third kappa shape index (κ3) is 5.76. The number of piperazine rings is 1. The summed E-state index contributed by atoms with van der Waals surface area (Å²) in [6, 6.07) is 14.1. The van der Waals surface area contributed by atoms with Crippen molar-refractivity contribution < 1.29 is 9.59 Å². The van der Waals surface area contributed by atoms with E-state index in [4.69, 9.17) is 0 Å². The van der Waals surface area contributed by atoms with Crippen LogP contribution in [-0.2, 0) is 9.59 Å². The number of nitrogens with zero attached hydrogens (tertiary/aromatic N) is 2. The van der Waals surface area contributed by atoms with Crippen molar-refractivity contribution in [3.05, 3.63) is 59.2 Å². The van der Waals surface area contributed by atoms with Gasteiger partial charge in [0.25, 0.3) is 0 Å². The lowest BCUT2D eigenvalue weighted by Gasteiger charge is -2.37. The predicted octanol–water partition coefficient (Wildman–Crippen LogP) is 3.63. The first-order valence-electron chi connectivity index (χ1n) is 9.97. The number of carbonyl (C=O) groups excluding carboxylic acids is 2. The molecule has 0 bridgehead atoms. The number of hydrogen-bond acceptors (Lipinski definition) is 4. The zero-order valence-corrected chi connectivity index (χ0v) is 18.2. The monoisotopic (exact) mass is 411 g/mol. The van der Waals surface area contributed by atoms with Gasteiger partial charge in [-0.1, -0.05) is 29.8 Å². The van der Waals surface area contributed by atoms with E-state index in [-0.39, 0.29) is 17.6 Å². The molecule has 1 aliphatic heterocycles. The van der Waals surface area contributed by atoms with Crippen molar-refractivity contribution in [2.75, 3.05) is 47.9 Å². The van der Waals surface area contributed by atoms with E-state index in [2.05, 4.69) is 42.3 Å². The first-order valence-corrected chi connectivity index (χ1v) is 11.1. The fourth-order valence-electron chi connectivity index (χ4n) is 3.43. The summed E-state index contributed by atoms with van der Waals surface area (Å²) >= 11 is 1.37. The van der Waals surface area contributed by atoms with Crippen LogP contribution in [0.5, 0.6) is 0 Å². The molecular weight excluding hydrogens is 382 g/mol. The first-order chi connectivity index (χ1) is 13.9. The molecule has 1 heterocycles. The third-order valence-electron chi connectivity index (χ3n) is 5.34. The van der Waals surface area contributed by atoms with Crippen LogP contribution in [0, 0.1) is 20.8 Å². The van der Waals surface area contributed by atoms with Gasteiger partial charge in [0.2, 0.25) is 11.8 Å².